The first-order chi connectivity index (χ1) is 12.8. The topological polar surface area (TPSA) is 74.5 Å². The molecule has 1 N–H and O–H groups in total. The number of benzene rings is 1. The van der Waals surface area contributed by atoms with Gasteiger partial charge in [-0.25, -0.2) is 9.97 Å². The lowest BCUT2D eigenvalue weighted by atomic mass is 10.2. The number of carbonyl (C=O) groups excluding carboxylic acids is 1. The molecule has 3 heterocycles. The maximum atomic E-state index is 11.9. The predicted octanol–water partition coefficient (Wildman–Crippen LogP) is 2.02. The quantitative estimate of drug-likeness (QED) is 0.756. The monoisotopic (exact) mass is 353 g/mol. The van der Waals surface area contributed by atoms with Crippen molar-refractivity contribution in [1.29, 1.82) is 0 Å². The molecular formula is C19H23N5O2. The first-order valence-electron chi connectivity index (χ1n) is 9.12. The number of fused-ring (bicyclic) bond motifs is 3. The number of hydrogen-bond acceptors (Lipinski definition) is 6. The Bertz CT molecular complexity index is 915. The predicted molar refractivity (Wildman–Crippen MR) is 101 cm³/mol. The highest BCUT2D eigenvalue weighted by Crippen LogP contribution is 2.32. The van der Waals surface area contributed by atoms with Crippen molar-refractivity contribution < 1.29 is 9.21 Å². The summed E-state index contributed by atoms with van der Waals surface area (Å²) in [7, 11) is 0. The fraction of sp³-hybridized carbons (Fsp3) is 0.421. The third kappa shape index (κ3) is 3.22. The van der Waals surface area contributed by atoms with Crippen molar-refractivity contribution in [2.24, 2.45) is 0 Å². The molecule has 0 unspecified atom stereocenters. The van der Waals surface area contributed by atoms with Crippen molar-refractivity contribution in [3.63, 3.8) is 0 Å². The highest BCUT2D eigenvalue weighted by Gasteiger charge is 2.23. The van der Waals surface area contributed by atoms with E-state index >= 15 is 0 Å². The minimum absolute atomic E-state index is 0.0991. The lowest BCUT2D eigenvalue weighted by molar-refractivity contribution is -0.122. The second-order valence-corrected chi connectivity index (χ2v) is 6.59. The van der Waals surface area contributed by atoms with Gasteiger partial charge in [0.1, 0.15) is 17.4 Å². The smallest absolute Gasteiger partial charge is 0.234 e. The number of hydrogen-bond donors (Lipinski definition) is 1. The molecule has 1 fully saturated rings. The summed E-state index contributed by atoms with van der Waals surface area (Å²) >= 11 is 0. The molecule has 0 radical (unpaired) electrons. The minimum Gasteiger partial charge on any atom is -0.450 e. The van der Waals surface area contributed by atoms with Crippen LogP contribution in [0.25, 0.3) is 22.1 Å². The molecule has 0 saturated carbocycles. The zero-order chi connectivity index (χ0) is 17.9. The number of carbonyl (C=O) groups is 1. The maximum Gasteiger partial charge on any atom is 0.234 e. The van der Waals surface area contributed by atoms with Gasteiger partial charge in [0.15, 0.2) is 11.4 Å². The second kappa shape index (κ2) is 7.29. The summed E-state index contributed by atoms with van der Waals surface area (Å²) in [5.74, 6) is 0.934. The second-order valence-electron chi connectivity index (χ2n) is 6.59. The van der Waals surface area contributed by atoms with Gasteiger partial charge in [0, 0.05) is 38.1 Å². The molecule has 1 aliphatic rings. The van der Waals surface area contributed by atoms with Gasteiger partial charge in [-0.05, 0) is 18.6 Å². The van der Waals surface area contributed by atoms with E-state index in [2.05, 4.69) is 32.0 Å². The summed E-state index contributed by atoms with van der Waals surface area (Å²) in [6, 6.07) is 7.92. The van der Waals surface area contributed by atoms with Gasteiger partial charge in [-0.3, -0.25) is 9.69 Å². The Balaban J connectivity index is 1.49. The van der Waals surface area contributed by atoms with Crippen LogP contribution in [-0.2, 0) is 4.79 Å². The molecule has 1 aliphatic heterocycles. The van der Waals surface area contributed by atoms with Gasteiger partial charge >= 0.3 is 0 Å². The Kier molecular flexibility index (Phi) is 4.71. The number of anilines is 1. The Morgan fingerprint density at radius 3 is 2.81 bits per heavy atom. The number of para-hydroxylation sites is 1. The summed E-state index contributed by atoms with van der Waals surface area (Å²) < 4.78 is 6.03. The van der Waals surface area contributed by atoms with Crippen LogP contribution in [0.1, 0.15) is 13.3 Å². The van der Waals surface area contributed by atoms with Crippen molar-refractivity contribution in [2.45, 2.75) is 13.3 Å². The van der Waals surface area contributed by atoms with Gasteiger partial charge in [0.2, 0.25) is 5.91 Å². The minimum atomic E-state index is 0.0991. The van der Waals surface area contributed by atoms with E-state index in [0.717, 1.165) is 67.0 Å². The molecule has 1 saturated heterocycles. The molecule has 2 aromatic heterocycles. The number of amides is 1. The van der Waals surface area contributed by atoms with Crippen LogP contribution in [0.5, 0.6) is 0 Å². The molecule has 26 heavy (non-hydrogen) atoms. The molecule has 0 spiro atoms. The van der Waals surface area contributed by atoms with Crippen LogP contribution in [0.15, 0.2) is 35.0 Å². The number of nitrogens with zero attached hydrogens (tertiary/aromatic N) is 4. The van der Waals surface area contributed by atoms with E-state index in [-0.39, 0.29) is 5.91 Å². The SMILES string of the molecule is CCCNC(=O)CN1CCN(c2ncnc3c2oc2ccccc23)CC1. The Labute approximate surface area is 152 Å². The summed E-state index contributed by atoms with van der Waals surface area (Å²) in [6.07, 6.45) is 2.56. The van der Waals surface area contributed by atoms with Crippen LogP contribution in [0.3, 0.4) is 0 Å². The largest absolute Gasteiger partial charge is 0.450 e. The van der Waals surface area contributed by atoms with Crippen molar-refractivity contribution in [3.05, 3.63) is 30.6 Å². The summed E-state index contributed by atoms with van der Waals surface area (Å²) in [5.41, 5.74) is 2.42. The van der Waals surface area contributed by atoms with E-state index in [1.54, 1.807) is 6.33 Å². The number of piperazine rings is 1. The first-order valence-corrected chi connectivity index (χ1v) is 9.12. The lowest BCUT2D eigenvalue weighted by Crippen LogP contribution is -2.49. The molecule has 1 aromatic carbocycles. The molecule has 4 rings (SSSR count). The third-order valence-electron chi connectivity index (χ3n) is 4.75. The van der Waals surface area contributed by atoms with Crippen LogP contribution in [0, 0.1) is 0 Å². The summed E-state index contributed by atoms with van der Waals surface area (Å²) in [4.78, 5) is 25.2. The maximum absolute atomic E-state index is 11.9. The standard InChI is InChI=1S/C19H23N5O2/c1-2-7-20-16(25)12-23-8-10-24(11-9-23)19-18-17(21-13-22-19)14-5-3-4-6-15(14)26-18/h3-6,13H,2,7-12H2,1H3,(H,20,25). The molecule has 1 amide bonds. The number of rotatable bonds is 5. The average molecular weight is 353 g/mol. The highest BCUT2D eigenvalue weighted by atomic mass is 16.3. The molecule has 0 bridgehead atoms. The van der Waals surface area contributed by atoms with Gasteiger partial charge in [-0.2, -0.15) is 0 Å². The fourth-order valence-corrected chi connectivity index (χ4v) is 3.38. The normalized spacial score (nSPS) is 15.7. The van der Waals surface area contributed by atoms with Crippen molar-refractivity contribution in [1.82, 2.24) is 20.2 Å². The van der Waals surface area contributed by atoms with E-state index in [4.69, 9.17) is 4.42 Å². The molecule has 0 atom stereocenters. The molecule has 7 heteroatoms. The van der Waals surface area contributed by atoms with Crippen LogP contribution in [0.2, 0.25) is 0 Å². The van der Waals surface area contributed by atoms with Crippen molar-refractivity contribution >= 4 is 33.8 Å². The van der Waals surface area contributed by atoms with Gasteiger partial charge in [-0.1, -0.05) is 19.1 Å². The molecule has 3 aromatic rings. The van der Waals surface area contributed by atoms with Gasteiger partial charge in [-0.15, -0.1) is 0 Å². The molecule has 0 aliphatic carbocycles. The molecular weight excluding hydrogens is 330 g/mol. The number of furan rings is 1. The zero-order valence-electron chi connectivity index (χ0n) is 14.9. The van der Waals surface area contributed by atoms with E-state index < -0.39 is 0 Å². The fourth-order valence-electron chi connectivity index (χ4n) is 3.38. The summed E-state index contributed by atoms with van der Waals surface area (Å²) in [5, 5.41) is 3.94. The van der Waals surface area contributed by atoms with Crippen LogP contribution < -0.4 is 10.2 Å². The number of aromatic nitrogens is 2. The molecule has 7 nitrogen and oxygen atoms in total. The zero-order valence-corrected chi connectivity index (χ0v) is 14.9. The van der Waals surface area contributed by atoms with Crippen LogP contribution in [-0.4, -0.2) is 60.0 Å². The van der Waals surface area contributed by atoms with Gasteiger partial charge in [0.05, 0.1) is 6.54 Å². The van der Waals surface area contributed by atoms with E-state index in [1.165, 1.54) is 0 Å². The third-order valence-corrected chi connectivity index (χ3v) is 4.75. The Morgan fingerprint density at radius 1 is 1.19 bits per heavy atom. The highest BCUT2D eigenvalue weighted by molar-refractivity contribution is 6.05. The van der Waals surface area contributed by atoms with Crippen molar-refractivity contribution in [3.8, 4) is 0 Å². The van der Waals surface area contributed by atoms with E-state index in [1.807, 2.05) is 24.3 Å². The Morgan fingerprint density at radius 2 is 2.00 bits per heavy atom. The van der Waals surface area contributed by atoms with Gasteiger partial charge < -0.3 is 14.6 Å². The molecule has 136 valence electrons. The first kappa shape index (κ1) is 16.8. The Hall–Kier alpha value is -2.67. The van der Waals surface area contributed by atoms with Crippen LogP contribution >= 0.6 is 0 Å². The van der Waals surface area contributed by atoms with Crippen LogP contribution in [0.4, 0.5) is 5.82 Å². The van der Waals surface area contributed by atoms with E-state index in [0.29, 0.717) is 6.54 Å². The van der Waals surface area contributed by atoms with Gasteiger partial charge in [0.25, 0.3) is 0 Å². The summed E-state index contributed by atoms with van der Waals surface area (Å²) in [6.45, 7) is 6.52. The van der Waals surface area contributed by atoms with E-state index in [9.17, 15) is 4.79 Å². The lowest BCUT2D eigenvalue weighted by Gasteiger charge is -2.34. The average Bonchev–Trinajstić information content (AvgIpc) is 3.06. The van der Waals surface area contributed by atoms with Crippen molar-refractivity contribution in [2.75, 3.05) is 44.2 Å². The number of nitrogens with one attached hydrogen (secondary N) is 1.